The summed E-state index contributed by atoms with van der Waals surface area (Å²) in [6.45, 7) is 1.62. The summed E-state index contributed by atoms with van der Waals surface area (Å²) < 4.78 is 0. The minimum Gasteiger partial charge on any atom is -0.388 e. The molecule has 1 saturated heterocycles. The van der Waals surface area contributed by atoms with E-state index in [1.807, 2.05) is 0 Å². The second-order valence-corrected chi connectivity index (χ2v) is 5.16. The Balaban J connectivity index is 1.81. The van der Waals surface area contributed by atoms with Gasteiger partial charge < -0.3 is 10.4 Å². The van der Waals surface area contributed by atoms with E-state index >= 15 is 0 Å². The summed E-state index contributed by atoms with van der Waals surface area (Å²) in [5.41, 5.74) is 3.21. The number of H-pyrrole nitrogens is 1. The zero-order valence-corrected chi connectivity index (χ0v) is 9.55. The van der Waals surface area contributed by atoms with E-state index in [4.69, 9.17) is 0 Å². The van der Waals surface area contributed by atoms with Gasteiger partial charge in [-0.1, -0.05) is 0 Å². The molecule has 1 aromatic heterocycles. The highest BCUT2D eigenvalue weighted by atomic mass is 16.3. The molecule has 88 valence electrons. The van der Waals surface area contributed by atoms with Crippen molar-refractivity contribution in [1.29, 1.82) is 0 Å². The molecule has 1 aromatic rings. The molecule has 0 saturated carbocycles. The Morgan fingerprint density at radius 2 is 2.19 bits per heavy atom. The van der Waals surface area contributed by atoms with Crippen LogP contribution in [0.15, 0.2) is 0 Å². The summed E-state index contributed by atoms with van der Waals surface area (Å²) >= 11 is 0. The molecule has 3 N–H and O–H groups in total. The van der Waals surface area contributed by atoms with Crippen molar-refractivity contribution >= 4 is 0 Å². The van der Waals surface area contributed by atoms with Gasteiger partial charge in [0, 0.05) is 18.7 Å². The third kappa shape index (κ3) is 1.76. The highest BCUT2D eigenvalue weighted by molar-refractivity contribution is 5.29. The molecule has 1 unspecified atom stereocenters. The minimum atomic E-state index is -0.569. The first-order chi connectivity index (χ1) is 7.77. The Bertz CT molecular complexity index is 380. The molecule has 0 spiro atoms. The van der Waals surface area contributed by atoms with E-state index in [0.717, 1.165) is 31.5 Å². The van der Waals surface area contributed by atoms with Crippen LogP contribution in [0.1, 0.15) is 36.2 Å². The van der Waals surface area contributed by atoms with Gasteiger partial charge in [0.05, 0.1) is 11.3 Å². The van der Waals surface area contributed by atoms with E-state index in [9.17, 15) is 5.11 Å². The van der Waals surface area contributed by atoms with Gasteiger partial charge in [0.15, 0.2) is 0 Å². The van der Waals surface area contributed by atoms with Gasteiger partial charge in [-0.25, -0.2) is 0 Å². The zero-order chi connectivity index (χ0) is 11.0. The number of aromatic amines is 1. The number of hydrogen-bond acceptors (Lipinski definition) is 3. The van der Waals surface area contributed by atoms with Crippen molar-refractivity contribution < 1.29 is 5.11 Å². The van der Waals surface area contributed by atoms with E-state index in [1.165, 1.54) is 24.1 Å². The van der Waals surface area contributed by atoms with Crippen molar-refractivity contribution in [3.8, 4) is 0 Å². The number of β-amino-alcohol motifs (C(OH)–C–C–N with tert-alkyl or cyclic N) is 1. The van der Waals surface area contributed by atoms with Crippen molar-refractivity contribution in [2.45, 2.75) is 44.1 Å². The van der Waals surface area contributed by atoms with Crippen LogP contribution in [-0.4, -0.2) is 34.0 Å². The van der Waals surface area contributed by atoms with Crippen molar-refractivity contribution in [2.75, 3.05) is 13.1 Å². The molecule has 0 bridgehead atoms. The molecule has 2 aliphatic rings. The number of rotatable bonds is 2. The Labute approximate surface area is 95.4 Å². The highest BCUT2D eigenvalue weighted by Gasteiger charge is 2.33. The monoisotopic (exact) mass is 221 g/mol. The van der Waals surface area contributed by atoms with E-state index in [2.05, 4.69) is 15.5 Å². The van der Waals surface area contributed by atoms with Crippen LogP contribution in [0.4, 0.5) is 0 Å². The van der Waals surface area contributed by atoms with Crippen LogP contribution in [0.2, 0.25) is 0 Å². The number of fused-ring (bicyclic) bond motifs is 1. The van der Waals surface area contributed by atoms with Gasteiger partial charge in [-0.2, -0.15) is 5.10 Å². The van der Waals surface area contributed by atoms with E-state index in [1.54, 1.807) is 0 Å². The highest BCUT2D eigenvalue weighted by Crippen LogP contribution is 2.27. The topological polar surface area (TPSA) is 60.9 Å². The quantitative estimate of drug-likeness (QED) is 0.683. The van der Waals surface area contributed by atoms with Crippen molar-refractivity contribution in [1.82, 2.24) is 15.5 Å². The molecule has 1 aliphatic carbocycles. The van der Waals surface area contributed by atoms with Gasteiger partial charge >= 0.3 is 0 Å². The van der Waals surface area contributed by atoms with Gasteiger partial charge in [-0.15, -0.1) is 0 Å². The molecule has 16 heavy (non-hydrogen) atoms. The second-order valence-electron chi connectivity index (χ2n) is 5.16. The summed E-state index contributed by atoms with van der Waals surface area (Å²) in [6, 6.07) is 0. The van der Waals surface area contributed by atoms with Gasteiger partial charge in [0.2, 0.25) is 0 Å². The first-order valence-corrected chi connectivity index (χ1v) is 6.25. The lowest BCUT2D eigenvalue weighted by Gasteiger charge is -2.21. The predicted octanol–water partition coefficient (Wildman–Crippen LogP) is 0.555. The number of aromatic nitrogens is 2. The van der Waals surface area contributed by atoms with Crippen LogP contribution in [0.3, 0.4) is 0 Å². The van der Waals surface area contributed by atoms with Gasteiger partial charge in [0.1, 0.15) is 0 Å². The molecule has 0 amide bonds. The first-order valence-electron chi connectivity index (χ1n) is 6.25. The second kappa shape index (κ2) is 3.86. The number of aryl methyl sites for hydroxylation is 1. The fraction of sp³-hybridized carbons (Fsp3) is 0.750. The lowest BCUT2D eigenvalue weighted by molar-refractivity contribution is 0.0606. The summed E-state index contributed by atoms with van der Waals surface area (Å²) in [5, 5.41) is 21.1. The molecule has 1 fully saturated rings. The van der Waals surface area contributed by atoms with Crippen LogP contribution >= 0.6 is 0 Å². The Morgan fingerprint density at radius 1 is 1.31 bits per heavy atom. The molecule has 1 atom stereocenters. The van der Waals surface area contributed by atoms with Crippen LogP contribution in [0.25, 0.3) is 0 Å². The van der Waals surface area contributed by atoms with Crippen molar-refractivity contribution in [2.24, 2.45) is 0 Å². The molecule has 4 nitrogen and oxygen atoms in total. The van der Waals surface area contributed by atoms with Crippen molar-refractivity contribution in [3.05, 3.63) is 17.0 Å². The predicted molar refractivity (Wildman–Crippen MR) is 61.4 cm³/mol. The molecule has 3 rings (SSSR count). The third-order valence-electron chi connectivity index (χ3n) is 3.86. The average molecular weight is 221 g/mol. The van der Waals surface area contributed by atoms with E-state index in [-0.39, 0.29) is 0 Å². The fourth-order valence-electron chi connectivity index (χ4n) is 2.89. The Morgan fingerprint density at radius 3 is 3.00 bits per heavy atom. The number of aliphatic hydroxyl groups is 1. The maximum atomic E-state index is 10.3. The summed E-state index contributed by atoms with van der Waals surface area (Å²) in [5.74, 6) is 0. The third-order valence-corrected chi connectivity index (χ3v) is 3.86. The number of nitrogens with zero attached hydrogens (tertiary/aromatic N) is 1. The van der Waals surface area contributed by atoms with Gasteiger partial charge in [-0.05, 0) is 44.2 Å². The lowest BCUT2D eigenvalue weighted by atomic mass is 9.90. The average Bonchev–Trinajstić information content (AvgIpc) is 2.87. The van der Waals surface area contributed by atoms with E-state index < -0.39 is 5.60 Å². The molecule has 2 heterocycles. The van der Waals surface area contributed by atoms with Crippen LogP contribution in [0, 0.1) is 0 Å². The maximum absolute atomic E-state index is 10.3. The Kier molecular flexibility index (Phi) is 2.48. The normalized spacial score (nSPS) is 29.3. The zero-order valence-electron chi connectivity index (χ0n) is 9.55. The lowest BCUT2D eigenvalue weighted by Crippen LogP contribution is -2.34. The summed E-state index contributed by atoms with van der Waals surface area (Å²) in [6.07, 6.45) is 6.32. The maximum Gasteiger partial charge on any atom is 0.0839 e. The molecule has 4 heteroatoms. The molecular weight excluding hydrogens is 202 g/mol. The van der Waals surface area contributed by atoms with Gasteiger partial charge in [-0.3, -0.25) is 5.10 Å². The first kappa shape index (κ1) is 10.3. The molecule has 0 aromatic carbocycles. The standard InChI is InChI=1S/C12H19N3O/c16-12(5-6-13-8-12)7-11-9-3-1-2-4-10(9)14-15-11/h13,16H,1-8H2,(H,14,15). The molecule has 0 radical (unpaired) electrons. The van der Waals surface area contributed by atoms with Crippen LogP contribution in [0.5, 0.6) is 0 Å². The smallest absolute Gasteiger partial charge is 0.0839 e. The largest absolute Gasteiger partial charge is 0.388 e. The van der Waals surface area contributed by atoms with E-state index in [0.29, 0.717) is 13.0 Å². The summed E-state index contributed by atoms with van der Waals surface area (Å²) in [7, 11) is 0. The minimum absolute atomic E-state index is 0.569. The van der Waals surface area contributed by atoms with Gasteiger partial charge in [0.25, 0.3) is 0 Å². The fourth-order valence-corrected chi connectivity index (χ4v) is 2.89. The molecular formula is C12H19N3O. The summed E-state index contributed by atoms with van der Waals surface area (Å²) in [4.78, 5) is 0. The Hall–Kier alpha value is -0.870. The SMILES string of the molecule is OC1(Cc2n[nH]c3c2CCCC3)CCNC1. The van der Waals surface area contributed by atoms with Crippen LogP contribution in [-0.2, 0) is 19.3 Å². The molecule has 1 aliphatic heterocycles. The van der Waals surface area contributed by atoms with Crippen molar-refractivity contribution in [3.63, 3.8) is 0 Å². The number of nitrogens with one attached hydrogen (secondary N) is 2. The van der Waals surface area contributed by atoms with Crippen LogP contribution < -0.4 is 5.32 Å². The number of hydrogen-bond donors (Lipinski definition) is 3.